The van der Waals surface area contributed by atoms with Crippen molar-refractivity contribution in [1.82, 2.24) is 44.4 Å². The standard InChI is InChI=1S/C29H31F2N7O12P2.C28H29F2N7O12P2/c1-14-21-24(36-27(32)34-14)38(13-33-21)26-29(3,31)23-18(46-26)12-44-52(41,50-23)48-16-7-5-6-15(8-16)47-51(40)43-11-17-22(49-51)28(2,30)25(45-17)37-9-19(39)35-20(10-37)42-4;1-13-20-23(35-26(31)33-13)37(12-32-20)25-28(3,30)22-17(45-25)11-43-51(41,49-22)47-15-6-4-5-14(7-15)46-50(40)42-10-16-21(48-50)27(2,29)24(44-16)36-8-18(38)34-19(39)9-36/h5-8,10,13,17-18,22-23,25-26,32H,9,11-12H2,1-4H3;4-8,12,16-17,21-22,24-25H,9-11H2,1-3H3,(H2-,31,33,34,35,38,39)/p+2/t17-,18-,22-,23-,25-,26-,28-,29-,51?,52?;16-,17-,21-,22-,24-,25-,27-,28-,50?,51?/m11/s1. The van der Waals surface area contributed by atoms with E-state index in [0.29, 0.717) is 22.4 Å². The Morgan fingerprint density at radius 2 is 0.913 bits per heavy atom. The number of nitrogens with one attached hydrogen (secondary N) is 1. The van der Waals surface area contributed by atoms with E-state index in [1.165, 1.54) is 109 Å². The minimum atomic E-state index is -4.52. The number of fused-ring (bicyclic) bond motifs is 6. The number of nitrogen functional groups attached to an aromatic ring is 2. The molecule has 10 aliphatic heterocycles. The van der Waals surface area contributed by atoms with Crippen molar-refractivity contribution in [3.63, 3.8) is 0 Å². The molecule has 5 N–H and O–H groups in total. The van der Waals surface area contributed by atoms with Gasteiger partial charge in [-0.2, -0.15) is 24.1 Å². The summed E-state index contributed by atoms with van der Waals surface area (Å²) in [5.74, 6) is -2.70. The van der Waals surface area contributed by atoms with Gasteiger partial charge in [-0.25, -0.2) is 55.8 Å². The maximum Gasteiger partial charge on any atom is 0.530 e. The van der Waals surface area contributed by atoms with Gasteiger partial charge in [-0.3, -0.25) is 65.0 Å². The Bertz CT molecular complexity index is 4820. The van der Waals surface area contributed by atoms with Gasteiger partial charge in [0.2, 0.25) is 48.8 Å². The van der Waals surface area contributed by atoms with Crippen LogP contribution in [0, 0.1) is 13.8 Å². The number of nitrogens with zero attached hydrogens (tertiary/aromatic N) is 11. The predicted octanol–water partition coefficient (Wildman–Crippen LogP) is 5.01. The summed E-state index contributed by atoms with van der Waals surface area (Å²) in [6.07, 6.45) is -10.2. The molecule has 14 heterocycles. The van der Waals surface area contributed by atoms with E-state index < -0.39 is 152 Å². The van der Waals surface area contributed by atoms with Crippen LogP contribution in [0.2, 0.25) is 0 Å². The van der Waals surface area contributed by atoms with Crippen molar-refractivity contribution >= 4 is 102 Å². The molecule has 0 spiro atoms. The molecule has 0 bridgehead atoms. The third kappa shape index (κ3) is 13.0. The van der Waals surface area contributed by atoms with Crippen molar-refractivity contribution in [2.75, 3.05) is 58.1 Å². The van der Waals surface area contributed by atoms with E-state index >= 15 is 17.6 Å². The van der Waals surface area contributed by atoms with Crippen LogP contribution in [0.5, 0.6) is 23.0 Å². The van der Waals surface area contributed by atoms with Crippen molar-refractivity contribution in [3.05, 3.63) is 72.6 Å². The van der Waals surface area contributed by atoms with Crippen LogP contribution in [0.1, 0.15) is 51.5 Å². The summed E-state index contributed by atoms with van der Waals surface area (Å²) in [6.45, 7) is 5.93. The number of ether oxygens (including phenoxy) is 5. The van der Waals surface area contributed by atoms with Crippen LogP contribution in [-0.4, -0.2) is 215 Å². The van der Waals surface area contributed by atoms with Crippen LogP contribution < -0.4 is 34.9 Å². The number of aromatic nitrogens is 8. The summed E-state index contributed by atoms with van der Waals surface area (Å²) in [4.78, 5) is 64.5. The zero-order valence-corrected chi connectivity index (χ0v) is 58.3. The number of anilines is 2. The minimum Gasteiger partial charge on any atom is -0.477 e. The second-order valence-electron chi connectivity index (χ2n) is 25.6. The van der Waals surface area contributed by atoms with Gasteiger partial charge in [0.15, 0.2) is 35.1 Å². The third-order valence-corrected chi connectivity index (χ3v) is 23.5. The van der Waals surface area contributed by atoms with Crippen molar-refractivity contribution < 1.29 is 137 Å². The molecule has 0 saturated carbocycles. The van der Waals surface area contributed by atoms with E-state index in [-0.39, 0.29) is 85.0 Å². The van der Waals surface area contributed by atoms with Gasteiger partial charge in [0.25, 0.3) is 24.3 Å². The maximum absolute atomic E-state index is 16.5. The number of carbonyl (C=O) groups is 3. The fraction of sp³-hybridized carbons (Fsp3) is 0.509. The maximum atomic E-state index is 16.5. The van der Waals surface area contributed by atoms with E-state index in [0.717, 1.165) is 17.7 Å². The molecule has 103 heavy (non-hydrogen) atoms. The third-order valence-electron chi connectivity index (χ3n) is 18.0. The monoisotopic (exact) mass is 1530 g/mol. The quantitative estimate of drug-likeness (QED) is 0.0627. The first-order valence-electron chi connectivity index (χ1n) is 31.3. The molecule has 4 unspecified atom stereocenters. The lowest BCUT2D eigenvalue weighted by Gasteiger charge is -2.33. The normalized spacial score (nSPS) is 39.0. The molecule has 8 saturated heterocycles. The molecular weight excluding hydrogens is 1460 g/mol. The van der Waals surface area contributed by atoms with Gasteiger partial charge >= 0.3 is 43.1 Å². The summed E-state index contributed by atoms with van der Waals surface area (Å²) in [5.41, 5.74) is 4.57. The molecule has 16 rings (SSSR count). The van der Waals surface area contributed by atoms with Gasteiger partial charge in [0.1, 0.15) is 82.9 Å². The van der Waals surface area contributed by atoms with Gasteiger partial charge in [0.05, 0.1) is 57.6 Å². The van der Waals surface area contributed by atoms with Crippen molar-refractivity contribution in [2.45, 2.75) is 138 Å². The predicted molar refractivity (Wildman–Crippen MR) is 336 cm³/mol. The average molecular weight is 1530 g/mol. The molecule has 2 aromatic carbocycles. The summed E-state index contributed by atoms with van der Waals surface area (Å²) in [5, 5.41) is 2.07. The SMILES string of the molecule is COC1=NC(=O)C[N+]([C@@H]2O[C@@H]3COP(=O)(Oc4cccc(OP5(=O)OC[C@H]6O[C@@H](n7cnc8c(C)nc(N)nc87)[C@](C)(F)[C@@H]6O5)c4)O[C@H]3[C@@]2(C)F)=C1.Cc1nc(N)nc2c1ncn2[C@@H]1O[C@@H]2COP(=O)(Oc3cccc(OP4(=O)OC[C@H]5O[C@@H]([N+]6=CC(=O)NC(=O)C6)[C@](C)(F)[C@@H]5O4)c3)O[C@H]2[C@@]1(C)F. The van der Waals surface area contributed by atoms with E-state index in [9.17, 15) is 32.6 Å². The molecule has 6 aromatic rings. The molecule has 20 atom stereocenters. The largest absolute Gasteiger partial charge is 0.530 e. The van der Waals surface area contributed by atoms with Crippen LogP contribution in [-0.2, 0) is 92.5 Å². The second kappa shape index (κ2) is 25.4. The van der Waals surface area contributed by atoms with Crippen LogP contribution in [0.15, 0.2) is 66.2 Å². The number of aryl methyl sites for hydroxylation is 2. The first kappa shape index (κ1) is 70.8. The second-order valence-corrected chi connectivity index (χ2v) is 31.8. The Labute approximate surface area is 577 Å². The first-order valence-corrected chi connectivity index (χ1v) is 37.2. The molecule has 550 valence electrons. The summed E-state index contributed by atoms with van der Waals surface area (Å²) in [7, 11) is -16.7. The number of hydrogen-bond acceptors (Lipinski definition) is 32. The molecule has 0 aliphatic carbocycles. The van der Waals surface area contributed by atoms with Crippen molar-refractivity contribution in [3.8, 4) is 23.0 Å². The fourth-order valence-corrected chi connectivity index (χ4v) is 19.3. The highest BCUT2D eigenvalue weighted by Crippen LogP contribution is 2.64. The molecule has 46 heteroatoms. The number of amides is 3. The van der Waals surface area contributed by atoms with Crippen molar-refractivity contribution in [2.24, 2.45) is 4.99 Å². The number of nitrogens with two attached hydrogens (primary N) is 2. The lowest BCUT2D eigenvalue weighted by Crippen LogP contribution is -2.54. The lowest BCUT2D eigenvalue weighted by atomic mass is 9.98. The van der Waals surface area contributed by atoms with Crippen molar-refractivity contribution in [1.29, 1.82) is 0 Å². The van der Waals surface area contributed by atoms with E-state index in [4.69, 9.17) is 89.4 Å². The summed E-state index contributed by atoms with van der Waals surface area (Å²) >= 11 is 0. The number of aliphatic imine (C=N–C) groups is 1. The molecule has 0 radical (unpaired) electrons. The number of carbonyl (C=O) groups excluding carboxylic acids is 3. The number of rotatable bonds is 12. The lowest BCUT2D eigenvalue weighted by molar-refractivity contribution is -0.610. The van der Waals surface area contributed by atoms with E-state index in [1.807, 2.05) is 0 Å². The summed E-state index contributed by atoms with van der Waals surface area (Å²) in [6, 6.07) is 10.6. The minimum absolute atomic E-state index is 0.0353. The Morgan fingerprint density at radius 1 is 0.544 bits per heavy atom. The Morgan fingerprint density at radius 3 is 1.29 bits per heavy atom. The number of alkyl halides is 4. The number of benzene rings is 2. The molecular formula is C57H62F4N14O24P4+2. The number of phosphoric acid groups is 4. The smallest absolute Gasteiger partial charge is 0.477 e. The number of imide groups is 1. The van der Waals surface area contributed by atoms with Gasteiger partial charge < -0.3 is 53.2 Å². The summed E-state index contributed by atoms with van der Waals surface area (Å²) < 4.78 is 220. The highest BCUT2D eigenvalue weighted by Gasteiger charge is 2.69. The van der Waals surface area contributed by atoms with E-state index in [1.54, 1.807) is 13.8 Å². The number of halogens is 4. The van der Waals surface area contributed by atoms with Gasteiger partial charge in [-0.1, -0.05) is 12.1 Å². The Kier molecular flexibility index (Phi) is 17.5. The number of methoxy groups -OCH3 is 1. The van der Waals surface area contributed by atoms with Crippen LogP contribution in [0.4, 0.5) is 29.5 Å². The number of phosphoric ester groups is 4. The highest BCUT2D eigenvalue weighted by atomic mass is 31.2. The van der Waals surface area contributed by atoms with Crippen LogP contribution in [0.25, 0.3) is 22.3 Å². The van der Waals surface area contributed by atoms with Gasteiger partial charge in [-0.15, -0.1) is 0 Å². The van der Waals surface area contributed by atoms with Crippen LogP contribution in [0.3, 0.4) is 0 Å². The fourth-order valence-electron chi connectivity index (χ4n) is 13.4. The average Bonchev–Trinajstić information content (AvgIpc) is 1.61. The Balaban J connectivity index is 0.000000166. The zero-order valence-electron chi connectivity index (χ0n) is 54.8. The molecule has 3 amide bonds. The zero-order chi connectivity index (χ0) is 72.9. The van der Waals surface area contributed by atoms with Crippen LogP contribution >= 0.6 is 31.3 Å². The van der Waals surface area contributed by atoms with Gasteiger partial charge in [0, 0.05) is 12.1 Å². The van der Waals surface area contributed by atoms with Gasteiger partial charge in [-0.05, 0) is 65.8 Å². The first-order chi connectivity index (χ1) is 48.6. The topological polar surface area (TPSA) is 446 Å². The molecule has 8 fully saturated rings. The number of hydrogen-bond donors (Lipinski definition) is 3. The molecule has 38 nitrogen and oxygen atoms in total. The Hall–Kier alpha value is -7.88. The molecule has 4 aromatic heterocycles. The highest BCUT2D eigenvalue weighted by molar-refractivity contribution is 7.50. The number of imidazole rings is 2. The van der Waals surface area contributed by atoms with E-state index in [2.05, 4.69) is 40.2 Å². The molecule has 10 aliphatic rings.